The number of benzene rings is 2. The molecule has 0 atom stereocenters. The standard InChI is InChI=1S/C21H16Cl2N2O5/c1-11(2)30-20(28)16(18(26)12-6-4-3-5-7-12)17-19(27)25(21(29)24-17)15-9-13(22)8-14(23)10-15/h3-11,26H,1-2H3. The van der Waals surface area contributed by atoms with Crippen LogP contribution in [0.15, 0.2) is 59.1 Å². The highest BCUT2D eigenvalue weighted by Gasteiger charge is 2.41. The van der Waals surface area contributed by atoms with E-state index < -0.39 is 41.1 Å². The molecule has 0 aliphatic carbocycles. The number of halogens is 2. The number of nitrogens with zero attached hydrogens (tertiary/aromatic N) is 2. The summed E-state index contributed by atoms with van der Waals surface area (Å²) < 4.78 is 5.17. The Morgan fingerprint density at radius 1 is 1.07 bits per heavy atom. The van der Waals surface area contributed by atoms with Gasteiger partial charge in [-0.1, -0.05) is 53.5 Å². The molecule has 3 amide bonds. The van der Waals surface area contributed by atoms with Gasteiger partial charge in [0.05, 0.1) is 11.8 Å². The van der Waals surface area contributed by atoms with Gasteiger partial charge in [0.15, 0.2) is 5.71 Å². The molecule has 0 spiro atoms. The van der Waals surface area contributed by atoms with Crippen LogP contribution >= 0.6 is 23.2 Å². The summed E-state index contributed by atoms with van der Waals surface area (Å²) in [5.74, 6) is -2.44. The molecule has 0 saturated heterocycles. The van der Waals surface area contributed by atoms with Gasteiger partial charge in [-0.3, -0.25) is 4.79 Å². The number of amides is 3. The molecule has 0 fully saturated rings. The molecule has 0 unspecified atom stereocenters. The number of aliphatic imine (C=N–C) groups is 1. The first-order chi connectivity index (χ1) is 14.2. The van der Waals surface area contributed by atoms with E-state index in [1.165, 1.54) is 30.3 Å². The van der Waals surface area contributed by atoms with Crippen molar-refractivity contribution in [2.45, 2.75) is 20.0 Å². The van der Waals surface area contributed by atoms with Crippen LogP contribution in [-0.2, 0) is 14.3 Å². The predicted molar refractivity (Wildman–Crippen MR) is 114 cm³/mol. The lowest BCUT2D eigenvalue weighted by Crippen LogP contribution is -2.35. The number of aliphatic hydroxyl groups excluding tert-OH is 1. The maximum absolute atomic E-state index is 13.0. The minimum Gasteiger partial charge on any atom is -0.506 e. The fourth-order valence-electron chi connectivity index (χ4n) is 2.76. The van der Waals surface area contributed by atoms with E-state index in [2.05, 4.69) is 4.99 Å². The van der Waals surface area contributed by atoms with Crippen LogP contribution in [0.3, 0.4) is 0 Å². The Kier molecular flexibility index (Phi) is 6.24. The molecule has 2 aromatic carbocycles. The van der Waals surface area contributed by atoms with Crippen molar-refractivity contribution in [3.8, 4) is 0 Å². The largest absolute Gasteiger partial charge is 0.506 e. The second-order valence-electron chi connectivity index (χ2n) is 6.55. The van der Waals surface area contributed by atoms with Gasteiger partial charge in [0.1, 0.15) is 11.3 Å². The first-order valence-corrected chi connectivity index (χ1v) is 9.58. The SMILES string of the molecule is CC(C)OC(=O)C(C1=NC(=O)N(c2cc(Cl)cc(Cl)c2)C1=O)=C(O)c1ccccc1. The summed E-state index contributed by atoms with van der Waals surface area (Å²) in [6.45, 7) is 3.22. The number of esters is 1. The van der Waals surface area contributed by atoms with Crippen LogP contribution in [0, 0.1) is 0 Å². The number of urea groups is 1. The molecule has 0 aromatic heterocycles. The van der Waals surface area contributed by atoms with Crippen LogP contribution in [0.25, 0.3) is 5.76 Å². The number of carbonyl (C=O) groups excluding carboxylic acids is 3. The molecule has 1 aliphatic rings. The summed E-state index contributed by atoms with van der Waals surface area (Å²) in [6.07, 6.45) is -0.535. The highest BCUT2D eigenvalue weighted by Crippen LogP contribution is 2.30. The number of hydrogen-bond acceptors (Lipinski definition) is 5. The van der Waals surface area contributed by atoms with Gasteiger partial charge < -0.3 is 9.84 Å². The third-order valence-electron chi connectivity index (χ3n) is 3.98. The summed E-state index contributed by atoms with van der Waals surface area (Å²) in [7, 11) is 0. The van der Waals surface area contributed by atoms with Gasteiger partial charge in [-0.2, -0.15) is 4.99 Å². The number of ether oxygens (including phenoxy) is 1. The van der Waals surface area contributed by atoms with Gasteiger partial charge in [0.2, 0.25) is 0 Å². The van der Waals surface area contributed by atoms with Gasteiger partial charge in [-0.15, -0.1) is 0 Å². The van der Waals surface area contributed by atoms with Gasteiger partial charge >= 0.3 is 12.0 Å². The van der Waals surface area contributed by atoms with E-state index in [0.29, 0.717) is 4.90 Å². The number of aliphatic hydroxyl groups is 1. The van der Waals surface area contributed by atoms with Crippen molar-refractivity contribution in [1.29, 1.82) is 0 Å². The third kappa shape index (κ3) is 4.37. The summed E-state index contributed by atoms with van der Waals surface area (Å²) in [5, 5.41) is 11.2. The minimum absolute atomic E-state index is 0.0806. The Morgan fingerprint density at radius 2 is 1.67 bits per heavy atom. The maximum Gasteiger partial charge on any atom is 0.355 e. The second-order valence-corrected chi connectivity index (χ2v) is 7.43. The first-order valence-electron chi connectivity index (χ1n) is 8.82. The summed E-state index contributed by atoms with van der Waals surface area (Å²) >= 11 is 11.9. The summed E-state index contributed by atoms with van der Waals surface area (Å²) in [5.41, 5.74) is -0.718. The molecule has 0 bridgehead atoms. The molecule has 0 saturated carbocycles. The van der Waals surface area contributed by atoms with Gasteiger partial charge in [0, 0.05) is 15.6 Å². The lowest BCUT2D eigenvalue weighted by Gasteiger charge is -2.15. The van der Waals surface area contributed by atoms with Gasteiger partial charge in [0.25, 0.3) is 5.91 Å². The topological polar surface area (TPSA) is 96.3 Å². The third-order valence-corrected chi connectivity index (χ3v) is 4.41. The molecular formula is C21H16Cl2N2O5. The second kappa shape index (κ2) is 8.69. The minimum atomic E-state index is -0.989. The average molecular weight is 447 g/mol. The molecular weight excluding hydrogens is 431 g/mol. The summed E-state index contributed by atoms with van der Waals surface area (Å²) in [4.78, 5) is 42.7. The molecule has 1 heterocycles. The number of imide groups is 1. The van der Waals surface area contributed by atoms with Crippen molar-refractivity contribution >= 4 is 58.3 Å². The lowest BCUT2D eigenvalue weighted by molar-refractivity contribution is -0.142. The zero-order valence-electron chi connectivity index (χ0n) is 15.9. The van der Waals surface area contributed by atoms with Crippen molar-refractivity contribution in [3.05, 3.63) is 69.7 Å². The van der Waals surface area contributed by atoms with Crippen LogP contribution in [0.2, 0.25) is 10.0 Å². The number of hydrogen-bond donors (Lipinski definition) is 1. The monoisotopic (exact) mass is 446 g/mol. The normalized spacial score (nSPS) is 14.7. The molecule has 0 radical (unpaired) electrons. The van der Waals surface area contributed by atoms with E-state index in [4.69, 9.17) is 27.9 Å². The van der Waals surface area contributed by atoms with Crippen LogP contribution in [0.1, 0.15) is 19.4 Å². The molecule has 154 valence electrons. The van der Waals surface area contributed by atoms with Crippen molar-refractivity contribution in [2.75, 3.05) is 4.90 Å². The Labute approximate surface area is 182 Å². The lowest BCUT2D eigenvalue weighted by atomic mass is 10.0. The van der Waals surface area contributed by atoms with E-state index >= 15 is 0 Å². The Balaban J connectivity index is 2.10. The van der Waals surface area contributed by atoms with E-state index in [1.54, 1.807) is 32.0 Å². The fraction of sp³-hybridized carbons (Fsp3) is 0.143. The van der Waals surface area contributed by atoms with Crippen LogP contribution in [0.5, 0.6) is 0 Å². The molecule has 30 heavy (non-hydrogen) atoms. The summed E-state index contributed by atoms with van der Waals surface area (Å²) in [6, 6.07) is 11.3. The number of carbonyl (C=O) groups is 3. The van der Waals surface area contributed by atoms with Crippen molar-refractivity contribution < 1.29 is 24.2 Å². The highest BCUT2D eigenvalue weighted by molar-refractivity contribution is 6.62. The quantitative estimate of drug-likeness (QED) is 0.403. The van der Waals surface area contributed by atoms with Gasteiger partial charge in [-0.05, 0) is 32.0 Å². The van der Waals surface area contributed by atoms with Crippen LogP contribution in [-0.4, -0.2) is 34.8 Å². The zero-order chi connectivity index (χ0) is 22.0. The van der Waals surface area contributed by atoms with E-state index in [1.807, 2.05) is 0 Å². The molecule has 7 nitrogen and oxygen atoms in total. The predicted octanol–water partition coefficient (Wildman–Crippen LogP) is 4.82. The molecule has 2 aromatic rings. The van der Waals surface area contributed by atoms with Crippen molar-refractivity contribution in [2.24, 2.45) is 4.99 Å². The Bertz CT molecular complexity index is 1070. The zero-order valence-corrected chi connectivity index (χ0v) is 17.4. The van der Waals surface area contributed by atoms with Crippen molar-refractivity contribution in [1.82, 2.24) is 0 Å². The molecule has 1 N–H and O–H groups in total. The van der Waals surface area contributed by atoms with Crippen molar-refractivity contribution in [3.63, 3.8) is 0 Å². The fourth-order valence-corrected chi connectivity index (χ4v) is 3.28. The van der Waals surface area contributed by atoms with Gasteiger partial charge in [-0.25, -0.2) is 14.5 Å². The average Bonchev–Trinajstić information content (AvgIpc) is 2.95. The smallest absolute Gasteiger partial charge is 0.355 e. The van der Waals surface area contributed by atoms with Crippen LogP contribution < -0.4 is 4.90 Å². The van der Waals surface area contributed by atoms with Crippen LogP contribution in [0.4, 0.5) is 10.5 Å². The van der Waals surface area contributed by atoms with E-state index in [0.717, 1.165) is 0 Å². The Morgan fingerprint density at radius 3 is 2.23 bits per heavy atom. The maximum atomic E-state index is 13.0. The van der Waals surface area contributed by atoms with E-state index in [9.17, 15) is 19.5 Å². The van der Waals surface area contributed by atoms with E-state index in [-0.39, 0.29) is 21.3 Å². The highest BCUT2D eigenvalue weighted by atomic mass is 35.5. The number of anilines is 1. The molecule has 9 heteroatoms. The first kappa shape index (κ1) is 21.5. The molecule has 1 aliphatic heterocycles. The number of rotatable bonds is 5. The molecule has 3 rings (SSSR count). The Hall–Kier alpha value is -3.16.